The molecule has 0 aliphatic rings. The lowest BCUT2D eigenvalue weighted by Crippen LogP contribution is -2.32. The van der Waals surface area contributed by atoms with Gasteiger partial charge in [-0.3, -0.25) is 0 Å². The Morgan fingerprint density at radius 3 is 2.55 bits per heavy atom. The zero-order chi connectivity index (χ0) is 15.0. The van der Waals surface area contributed by atoms with E-state index in [2.05, 4.69) is 29.1 Å². The Morgan fingerprint density at radius 2 is 2.00 bits per heavy atom. The van der Waals surface area contributed by atoms with E-state index in [1.54, 1.807) is 6.07 Å². The second-order valence-electron chi connectivity index (χ2n) is 4.95. The number of anilines is 2. The molecule has 0 bridgehead atoms. The molecule has 1 aromatic heterocycles. The van der Waals surface area contributed by atoms with Gasteiger partial charge in [-0.25, -0.2) is 9.97 Å². The largest absolute Gasteiger partial charge is 0.396 e. The molecular formula is C14H26N4O2. The van der Waals surface area contributed by atoms with Crippen LogP contribution < -0.4 is 11.1 Å². The molecule has 6 heteroatoms. The molecule has 0 aliphatic carbocycles. The van der Waals surface area contributed by atoms with Crippen molar-refractivity contribution in [2.45, 2.75) is 40.2 Å². The van der Waals surface area contributed by atoms with E-state index in [-0.39, 0.29) is 12.0 Å². The Morgan fingerprint density at radius 1 is 1.30 bits per heavy atom. The van der Waals surface area contributed by atoms with Gasteiger partial charge < -0.3 is 20.9 Å². The summed E-state index contributed by atoms with van der Waals surface area (Å²) >= 11 is 0. The molecule has 4 N–H and O–H groups in total. The molecule has 0 spiro atoms. The molecule has 0 aliphatic heterocycles. The molecule has 1 heterocycles. The standard InChI is InChI=1S/C14H26N4O2/c1-4-14(5-2,10-19)9-16-12-7-11(15)17-13(18-12)8-20-6-3/h7,19H,4-6,8-10H2,1-3H3,(H3,15,16,17,18). The topological polar surface area (TPSA) is 93.3 Å². The van der Waals surface area contributed by atoms with Crippen LogP contribution in [0.25, 0.3) is 0 Å². The van der Waals surface area contributed by atoms with Gasteiger partial charge in [0, 0.05) is 24.6 Å². The third-order valence-corrected chi connectivity index (χ3v) is 3.71. The average molecular weight is 282 g/mol. The van der Waals surface area contributed by atoms with Gasteiger partial charge in [0.25, 0.3) is 0 Å². The molecule has 1 rings (SSSR count). The van der Waals surface area contributed by atoms with Crippen LogP contribution in [0.3, 0.4) is 0 Å². The minimum Gasteiger partial charge on any atom is -0.396 e. The lowest BCUT2D eigenvalue weighted by molar-refractivity contribution is 0.126. The van der Waals surface area contributed by atoms with Crippen molar-refractivity contribution < 1.29 is 9.84 Å². The van der Waals surface area contributed by atoms with Crippen LogP contribution in [-0.4, -0.2) is 34.8 Å². The fourth-order valence-corrected chi connectivity index (χ4v) is 1.92. The molecule has 1 aromatic rings. The van der Waals surface area contributed by atoms with Crippen molar-refractivity contribution >= 4 is 11.6 Å². The van der Waals surface area contributed by atoms with Crippen molar-refractivity contribution in [2.24, 2.45) is 5.41 Å². The third-order valence-electron chi connectivity index (χ3n) is 3.71. The number of rotatable bonds is 9. The Hall–Kier alpha value is -1.40. The summed E-state index contributed by atoms with van der Waals surface area (Å²) < 4.78 is 5.29. The van der Waals surface area contributed by atoms with E-state index >= 15 is 0 Å². The van der Waals surface area contributed by atoms with Crippen molar-refractivity contribution in [3.63, 3.8) is 0 Å². The first-order chi connectivity index (χ1) is 9.59. The van der Waals surface area contributed by atoms with Crippen molar-refractivity contribution in [1.29, 1.82) is 0 Å². The van der Waals surface area contributed by atoms with Crippen LogP contribution >= 0.6 is 0 Å². The third kappa shape index (κ3) is 4.61. The molecule has 20 heavy (non-hydrogen) atoms. The number of nitrogen functional groups attached to an aromatic ring is 1. The molecule has 6 nitrogen and oxygen atoms in total. The number of nitrogens with two attached hydrogens (primary N) is 1. The van der Waals surface area contributed by atoms with E-state index in [0.29, 0.717) is 37.2 Å². The lowest BCUT2D eigenvalue weighted by Gasteiger charge is -2.29. The summed E-state index contributed by atoms with van der Waals surface area (Å²) in [4.78, 5) is 8.50. The van der Waals surface area contributed by atoms with Crippen LogP contribution in [0, 0.1) is 5.41 Å². The van der Waals surface area contributed by atoms with Crippen LogP contribution in [0.4, 0.5) is 11.6 Å². The van der Waals surface area contributed by atoms with Crippen molar-refractivity contribution in [3.8, 4) is 0 Å². The average Bonchev–Trinajstić information content (AvgIpc) is 2.47. The van der Waals surface area contributed by atoms with Crippen LogP contribution in [0.2, 0.25) is 0 Å². The van der Waals surface area contributed by atoms with Gasteiger partial charge in [-0.1, -0.05) is 13.8 Å². The van der Waals surface area contributed by atoms with Crippen molar-refractivity contribution in [2.75, 3.05) is 30.8 Å². The maximum absolute atomic E-state index is 9.56. The van der Waals surface area contributed by atoms with Gasteiger partial charge in [-0.05, 0) is 19.8 Å². The highest BCUT2D eigenvalue weighted by Crippen LogP contribution is 2.26. The minimum atomic E-state index is -0.125. The highest BCUT2D eigenvalue weighted by molar-refractivity contribution is 5.44. The van der Waals surface area contributed by atoms with Crippen LogP contribution in [0.5, 0.6) is 0 Å². The SMILES string of the molecule is CCOCc1nc(N)cc(NCC(CC)(CC)CO)n1. The van der Waals surface area contributed by atoms with Crippen molar-refractivity contribution in [3.05, 3.63) is 11.9 Å². The fourth-order valence-electron chi connectivity index (χ4n) is 1.92. The predicted octanol–water partition coefficient (Wildman–Crippen LogP) is 1.81. The zero-order valence-corrected chi connectivity index (χ0v) is 12.6. The molecule has 0 atom stereocenters. The Labute approximate surface area is 120 Å². The maximum atomic E-state index is 9.56. The van der Waals surface area contributed by atoms with Gasteiger partial charge >= 0.3 is 0 Å². The number of nitrogens with zero attached hydrogens (tertiary/aromatic N) is 2. The van der Waals surface area contributed by atoms with Crippen LogP contribution in [-0.2, 0) is 11.3 Å². The highest BCUT2D eigenvalue weighted by Gasteiger charge is 2.25. The molecule has 0 saturated carbocycles. The number of aliphatic hydroxyl groups is 1. The zero-order valence-electron chi connectivity index (χ0n) is 12.6. The first-order valence-electron chi connectivity index (χ1n) is 7.15. The summed E-state index contributed by atoms with van der Waals surface area (Å²) in [7, 11) is 0. The van der Waals surface area contributed by atoms with Gasteiger partial charge in [-0.15, -0.1) is 0 Å². The normalized spacial score (nSPS) is 11.6. The van der Waals surface area contributed by atoms with E-state index in [1.165, 1.54) is 0 Å². The van der Waals surface area contributed by atoms with E-state index in [1.807, 2.05) is 6.92 Å². The van der Waals surface area contributed by atoms with Gasteiger partial charge in [0.15, 0.2) is 5.82 Å². The molecular weight excluding hydrogens is 256 g/mol. The van der Waals surface area contributed by atoms with E-state index in [0.717, 1.165) is 12.8 Å². The number of aromatic nitrogens is 2. The summed E-state index contributed by atoms with van der Waals surface area (Å²) in [5.41, 5.74) is 5.65. The van der Waals surface area contributed by atoms with Gasteiger partial charge in [0.05, 0.1) is 6.61 Å². The molecule has 114 valence electrons. The molecule has 0 saturated heterocycles. The quantitative estimate of drug-likeness (QED) is 0.639. The molecule has 0 unspecified atom stereocenters. The first-order valence-corrected chi connectivity index (χ1v) is 7.15. The minimum absolute atomic E-state index is 0.125. The number of hydrogen-bond donors (Lipinski definition) is 3. The first kappa shape index (κ1) is 16.7. The molecule has 0 fully saturated rings. The van der Waals surface area contributed by atoms with Crippen LogP contribution in [0.15, 0.2) is 6.07 Å². The summed E-state index contributed by atoms with van der Waals surface area (Å²) in [5, 5.41) is 12.8. The monoisotopic (exact) mass is 282 g/mol. The van der Waals surface area contributed by atoms with Crippen molar-refractivity contribution in [1.82, 2.24) is 9.97 Å². The number of ether oxygens (including phenoxy) is 1. The summed E-state index contributed by atoms with van der Waals surface area (Å²) in [6.45, 7) is 7.85. The van der Waals surface area contributed by atoms with Gasteiger partial charge in [0.1, 0.15) is 18.2 Å². The summed E-state index contributed by atoms with van der Waals surface area (Å²) in [5.74, 6) is 1.66. The lowest BCUT2D eigenvalue weighted by atomic mass is 9.83. The van der Waals surface area contributed by atoms with Gasteiger partial charge in [0.2, 0.25) is 0 Å². The van der Waals surface area contributed by atoms with Crippen LogP contribution in [0.1, 0.15) is 39.4 Å². The second-order valence-corrected chi connectivity index (χ2v) is 4.95. The second kappa shape index (κ2) is 8.01. The maximum Gasteiger partial charge on any atom is 0.158 e. The number of hydrogen-bond acceptors (Lipinski definition) is 6. The predicted molar refractivity (Wildman–Crippen MR) is 80.4 cm³/mol. The summed E-state index contributed by atoms with van der Waals surface area (Å²) in [6, 6.07) is 1.70. The van der Waals surface area contributed by atoms with E-state index in [9.17, 15) is 5.11 Å². The fraction of sp³-hybridized carbons (Fsp3) is 0.714. The van der Waals surface area contributed by atoms with Gasteiger partial charge in [-0.2, -0.15) is 0 Å². The highest BCUT2D eigenvalue weighted by atomic mass is 16.5. The van der Waals surface area contributed by atoms with E-state index in [4.69, 9.17) is 10.5 Å². The Balaban J connectivity index is 2.74. The van der Waals surface area contributed by atoms with E-state index < -0.39 is 0 Å². The number of nitrogens with one attached hydrogen (secondary N) is 1. The molecule has 0 amide bonds. The molecule has 0 radical (unpaired) electrons. The number of aliphatic hydroxyl groups excluding tert-OH is 1. The summed E-state index contributed by atoms with van der Waals surface area (Å²) in [6.07, 6.45) is 1.80. The Kier molecular flexibility index (Phi) is 6.67. The molecule has 0 aromatic carbocycles. The smallest absolute Gasteiger partial charge is 0.158 e. The Bertz CT molecular complexity index is 400.